The molecule has 2 rings (SSSR count). The zero-order valence-corrected chi connectivity index (χ0v) is 10.2. The Kier molecular flexibility index (Phi) is 3.49. The minimum absolute atomic E-state index is 0.0158. The minimum atomic E-state index is -1.18. The molecule has 0 spiro atoms. The number of carbonyl (C=O) groups excluding carboxylic acids is 1. The molecule has 0 N–H and O–H groups in total. The van der Waals surface area contributed by atoms with Crippen LogP contribution in [0, 0.1) is 0 Å². The molecule has 0 bridgehead atoms. The molecule has 0 radical (unpaired) electrons. The zero-order valence-electron chi connectivity index (χ0n) is 9.42. The standard InChI is InChI=1S/C14H12O2S/c1-11(15)12-7-9-14(10-8-12)17(16)13-5-3-2-4-6-13/h2-10H,1H3/t17-/m1/s1. The van der Waals surface area contributed by atoms with Gasteiger partial charge in [0.2, 0.25) is 0 Å². The van der Waals surface area contributed by atoms with Gasteiger partial charge in [0.1, 0.15) is 0 Å². The van der Waals surface area contributed by atoms with E-state index in [1.165, 1.54) is 6.92 Å². The average molecular weight is 244 g/mol. The molecule has 0 aliphatic heterocycles. The van der Waals surface area contributed by atoms with Gasteiger partial charge in [0.05, 0.1) is 10.8 Å². The van der Waals surface area contributed by atoms with Crippen LogP contribution in [-0.4, -0.2) is 9.99 Å². The molecule has 1 atom stereocenters. The van der Waals surface area contributed by atoms with E-state index in [9.17, 15) is 9.00 Å². The van der Waals surface area contributed by atoms with E-state index in [4.69, 9.17) is 0 Å². The monoisotopic (exact) mass is 244 g/mol. The van der Waals surface area contributed by atoms with Crippen molar-refractivity contribution >= 4 is 16.6 Å². The third-order valence-electron chi connectivity index (χ3n) is 2.43. The second-order valence-electron chi connectivity index (χ2n) is 3.66. The Balaban J connectivity index is 2.30. The summed E-state index contributed by atoms with van der Waals surface area (Å²) < 4.78 is 12.2. The summed E-state index contributed by atoms with van der Waals surface area (Å²) in [5.41, 5.74) is 0.638. The first-order chi connectivity index (χ1) is 8.18. The van der Waals surface area contributed by atoms with Gasteiger partial charge in [0, 0.05) is 15.4 Å². The normalized spacial score (nSPS) is 12.1. The number of ketones is 1. The van der Waals surface area contributed by atoms with E-state index in [0.29, 0.717) is 10.5 Å². The fourth-order valence-electron chi connectivity index (χ4n) is 1.49. The van der Waals surface area contributed by atoms with Crippen molar-refractivity contribution in [2.45, 2.75) is 16.7 Å². The molecule has 2 nitrogen and oxygen atoms in total. The Hall–Kier alpha value is -1.74. The number of hydrogen-bond donors (Lipinski definition) is 0. The van der Waals surface area contributed by atoms with Gasteiger partial charge in [-0.2, -0.15) is 0 Å². The predicted octanol–water partition coefficient (Wildman–Crippen LogP) is 3.06. The third-order valence-corrected chi connectivity index (χ3v) is 3.83. The van der Waals surface area contributed by atoms with E-state index in [1.54, 1.807) is 24.3 Å². The summed E-state index contributed by atoms with van der Waals surface area (Å²) in [4.78, 5) is 12.6. The van der Waals surface area contributed by atoms with Gasteiger partial charge in [0.25, 0.3) is 0 Å². The van der Waals surface area contributed by atoms with Crippen molar-refractivity contribution in [2.75, 3.05) is 0 Å². The maximum Gasteiger partial charge on any atom is 0.159 e. The van der Waals surface area contributed by atoms with E-state index < -0.39 is 10.8 Å². The summed E-state index contributed by atoms with van der Waals surface area (Å²) in [5, 5.41) is 0. The van der Waals surface area contributed by atoms with E-state index in [-0.39, 0.29) is 5.78 Å². The SMILES string of the molecule is CC(=O)c1ccc([S@](=O)c2ccccc2)cc1. The van der Waals surface area contributed by atoms with Gasteiger partial charge in [-0.15, -0.1) is 0 Å². The quantitative estimate of drug-likeness (QED) is 0.778. The van der Waals surface area contributed by atoms with Crippen LogP contribution in [-0.2, 0) is 10.8 Å². The van der Waals surface area contributed by atoms with Crippen molar-refractivity contribution in [1.29, 1.82) is 0 Å². The molecule has 0 fully saturated rings. The first kappa shape index (κ1) is 11.7. The lowest BCUT2D eigenvalue weighted by Crippen LogP contribution is -1.95. The van der Waals surface area contributed by atoms with Gasteiger partial charge in [-0.05, 0) is 31.2 Å². The van der Waals surface area contributed by atoms with Crippen molar-refractivity contribution in [1.82, 2.24) is 0 Å². The summed E-state index contributed by atoms with van der Waals surface area (Å²) in [6, 6.07) is 16.1. The second kappa shape index (κ2) is 5.06. The van der Waals surface area contributed by atoms with Gasteiger partial charge < -0.3 is 0 Å². The van der Waals surface area contributed by atoms with Crippen molar-refractivity contribution < 1.29 is 9.00 Å². The summed E-state index contributed by atoms with van der Waals surface area (Å²) >= 11 is 0. The van der Waals surface area contributed by atoms with Crippen LogP contribution in [0.1, 0.15) is 17.3 Å². The Bertz CT molecular complexity index is 544. The fraction of sp³-hybridized carbons (Fsp3) is 0.0714. The summed E-state index contributed by atoms with van der Waals surface area (Å²) in [6.07, 6.45) is 0. The van der Waals surface area contributed by atoms with Crippen LogP contribution in [0.2, 0.25) is 0 Å². The van der Waals surface area contributed by atoms with Crippen LogP contribution < -0.4 is 0 Å². The van der Waals surface area contributed by atoms with Gasteiger partial charge in [0.15, 0.2) is 5.78 Å². The number of carbonyl (C=O) groups is 1. The number of Topliss-reactive ketones (excluding diaryl/α,β-unsaturated/α-hetero) is 1. The molecule has 0 aliphatic carbocycles. The molecule has 3 heteroatoms. The van der Waals surface area contributed by atoms with Crippen LogP contribution >= 0.6 is 0 Å². The van der Waals surface area contributed by atoms with E-state index in [1.807, 2.05) is 30.3 Å². The molecule has 0 saturated carbocycles. The van der Waals surface area contributed by atoms with E-state index in [0.717, 1.165) is 4.90 Å². The molecular formula is C14H12O2S. The lowest BCUT2D eigenvalue weighted by atomic mass is 10.2. The maximum atomic E-state index is 12.2. The summed E-state index contributed by atoms with van der Waals surface area (Å²) in [7, 11) is -1.18. The van der Waals surface area contributed by atoms with Crippen molar-refractivity contribution in [3.8, 4) is 0 Å². The molecule has 2 aromatic rings. The molecule has 0 unspecified atom stereocenters. The molecule has 0 amide bonds. The Morgan fingerprint density at radius 3 is 1.94 bits per heavy atom. The lowest BCUT2D eigenvalue weighted by Gasteiger charge is -2.02. The topological polar surface area (TPSA) is 34.1 Å². The molecule has 17 heavy (non-hydrogen) atoms. The second-order valence-corrected chi connectivity index (χ2v) is 5.14. The van der Waals surface area contributed by atoms with Crippen molar-refractivity contribution in [3.05, 3.63) is 60.2 Å². The number of rotatable bonds is 3. The molecule has 0 aromatic heterocycles. The minimum Gasteiger partial charge on any atom is -0.295 e. The predicted molar refractivity (Wildman–Crippen MR) is 67.6 cm³/mol. The Morgan fingerprint density at radius 2 is 1.41 bits per heavy atom. The average Bonchev–Trinajstić information content (AvgIpc) is 2.39. The molecule has 0 saturated heterocycles. The highest BCUT2D eigenvalue weighted by atomic mass is 32.2. The Morgan fingerprint density at radius 1 is 0.882 bits per heavy atom. The van der Waals surface area contributed by atoms with Crippen LogP contribution in [0.25, 0.3) is 0 Å². The van der Waals surface area contributed by atoms with Crippen LogP contribution in [0.5, 0.6) is 0 Å². The van der Waals surface area contributed by atoms with Crippen molar-refractivity contribution in [2.24, 2.45) is 0 Å². The molecule has 0 heterocycles. The van der Waals surface area contributed by atoms with Crippen molar-refractivity contribution in [3.63, 3.8) is 0 Å². The number of hydrogen-bond acceptors (Lipinski definition) is 2. The largest absolute Gasteiger partial charge is 0.295 e. The van der Waals surface area contributed by atoms with Crippen LogP contribution in [0.4, 0.5) is 0 Å². The summed E-state index contributed by atoms with van der Waals surface area (Å²) in [5.74, 6) is 0.0158. The smallest absolute Gasteiger partial charge is 0.159 e. The highest BCUT2D eigenvalue weighted by Gasteiger charge is 2.07. The number of benzene rings is 2. The molecule has 0 aliphatic rings. The zero-order chi connectivity index (χ0) is 12.3. The van der Waals surface area contributed by atoms with E-state index in [2.05, 4.69) is 0 Å². The first-order valence-corrected chi connectivity index (χ1v) is 6.41. The van der Waals surface area contributed by atoms with Gasteiger partial charge in [-0.25, -0.2) is 4.21 Å². The van der Waals surface area contributed by atoms with Gasteiger partial charge >= 0.3 is 0 Å². The lowest BCUT2D eigenvalue weighted by molar-refractivity contribution is 0.101. The van der Waals surface area contributed by atoms with Gasteiger partial charge in [-0.3, -0.25) is 4.79 Å². The maximum absolute atomic E-state index is 12.2. The highest BCUT2D eigenvalue weighted by molar-refractivity contribution is 7.85. The van der Waals surface area contributed by atoms with Crippen LogP contribution in [0.15, 0.2) is 64.4 Å². The van der Waals surface area contributed by atoms with Crippen LogP contribution in [0.3, 0.4) is 0 Å². The first-order valence-electron chi connectivity index (χ1n) is 5.26. The molecule has 2 aromatic carbocycles. The molecular weight excluding hydrogens is 232 g/mol. The van der Waals surface area contributed by atoms with Gasteiger partial charge in [-0.1, -0.05) is 30.3 Å². The summed E-state index contributed by atoms with van der Waals surface area (Å²) in [6.45, 7) is 1.52. The highest BCUT2D eigenvalue weighted by Crippen LogP contribution is 2.16. The molecule has 86 valence electrons. The fourth-order valence-corrected chi connectivity index (χ4v) is 2.55. The van der Waals surface area contributed by atoms with E-state index >= 15 is 0 Å². The third kappa shape index (κ3) is 2.68. The Labute approximate surface area is 103 Å².